The molecule has 1 aliphatic carbocycles. The van der Waals surface area contributed by atoms with Crippen LogP contribution in [0, 0.1) is 0 Å². The van der Waals surface area contributed by atoms with Gasteiger partial charge >= 0.3 is 6.03 Å². The Balaban J connectivity index is 1.78. The highest BCUT2D eigenvalue weighted by Gasteiger charge is 2.37. The van der Waals surface area contributed by atoms with E-state index in [4.69, 9.17) is 27.9 Å². The van der Waals surface area contributed by atoms with E-state index < -0.39 is 12.1 Å². The molecule has 2 aromatic carbocycles. The molecule has 0 unspecified atom stereocenters. The molecule has 3 rings (SSSR count). The van der Waals surface area contributed by atoms with Crippen LogP contribution in [-0.4, -0.2) is 35.8 Å². The number of benzene rings is 2. The predicted octanol–water partition coefficient (Wildman–Crippen LogP) is 4.68. The Hall–Kier alpha value is -2.21. The van der Waals surface area contributed by atoms with Gasteiger partial charge in [-0.25, -0.2) is 4.79 Å². The summed E-state index contributed by atoms with van der Waals surface area (Å²) in [6.07, 6.45) is 1.26. The number of anilines is 1. The molecule has 2 aromatic rings. The fraction of sp³-hybridized carbons (Fsp3) is 0.250. The minimum Gasteiger partial charge on any atom is -0.489 e. The van der Waals surface area contributed by atoms with E-state index in [1.165, 1.54) is 4.90 Å². The first-order valence-electron chi connectivity index (χ1n) is 8.44. The third-order valence-electron chi connectivity index (χ3n) is 4.48. The van der Waals surface area contributed by atoms with Crippen LogP contribution in [0.5, 0.6) is 5.75 Å². The highest BCUT2D eigenvalue weighted by molar-refractivity contribution is 6.35. The number of hydrogen-bond acceptors (Lipinski definition) is 3. The summed E-state index contributed by atoms with van der Waals surface area (Å²) in [7, 11) is 1.63. The average molecular weight is 407 g/mol. The Morgan fingerprint density at radius 3 is 2.93 bits per heavy atom. The monoisotopic (exact) mass is 406 g/mol. The topological polar surface area (TPSA) is 61.8 Å². The number of urea groups is 1. The molecule has 0 saturated heterocycles. The van der Waals surface area contributed by atoms with Gasteiger partial charge in [-0.1, -0.05) is 41.9 Å². The Morgan fingerprint density at radius 2 is 2.19 bits per heavy atom. The number of nitrogens with one attached hydrogen (secondary N) is 1. The number of carbonyl (C=O) groups is 1. The van der Waals surface area contributed by atoms with Gasteiger partial charge in [0.2, 0.25) is 0 Å². The molecule has 1 aliphatic rings. The molecule has 0 fully saturated rings. The first-order valence-corrected chi connectivity index (χ1v) is 9.19. The summed E-state index contributed by atoms with van der Waals surface area (Å²) in [5, 5.41) is 14.3. The fourth-order valence-corrected chi connectivity index (χ4v) is 3.84. The number of carbonyl (C=O) groups excluding carboxylic acids is 1. The summed E-state index contributed by atoms with van der Waals surface area (Å²) in [4.78, 5) is 14.2. The number of ether oxygens (including phenoxy) is 1. The zero-order valence-electron chi connectivity index (χ0n) is 14.8. The Morgan fingerprint density at radius 1 is 1.41 bits per heavy atom. The van der Waals surface area contributed by atoms with Crippen LogP contribution in [0.25, 0.3) is 0 Å². The SMILES string of the molecule is C=CCOc1cccc(NC(=O)N(C)[C@@H]2c3cc(Cl)cc(Cl)c3C[C@H]2O)c1. The largest absolute Gasteiger partial charge is 0.489 e. The number of rotatable bonds is 5. The smallest absolute Gasteiger partial charge is 0.322 e. The predicted molar refractivity (Wildman–Crippen MR) is 108 cm³/mol. The van der Waals surface area contributed by atoms with Gasteiger partial charge in [0, 0.05) is 35.3 Å². The summed E-state index contributed by atoms with van der Waals surface area (Å²) in [6, 6.07) is 9.57. The van der Waals surface area contributed by atoms with E-state index in [0.29, 0.717) is 34.5 Å². The second-order valence-electron chi connectivity index (χ2n) is 6.34. The lowest BCUT2D eigenvalue weighted by molar-refractivity contribution is 0.0934. The first kappa shape index (κ1) is 19.5. The maximum Gasteiger partial charge on any atom is 0.322 e. The molecule has 0 spiro atoms. The first-order chi connectivity index (χ1) is 12.9. The van der Waals surface area contributed by atoms with Gasteiger partial charge in [0.05, 0.1) is 12.1 Å². The van der Waals surface area contributed by atoms with Gasteiger partial charge in [-0.3, -0.25) is 0 Å². The van der Waals surface area contributed by atoms with Crippen molar-refractivity contribution < 1.29 is 14.6 Å². The fourth-order valence-electron chi connectivity index (χ4n) is 3.25. The molecule has 0 heterocycles. The minimum atomic E-state index is -0.756. The van der Waals surface area contributed by atoms with Crippen LogP contribution < -0.4 is 10.1 Å². The van der Waals surface area contributed by atoms with Crippen molar-refractivity contribution in [3.05, 3.63) is 70.2 Å². The van der Waals surface area contributed by atoms with E-state index >= 15 is 0 Å². The molecule has 5 nitrogen and oxygen atoms in total. The number of aliphatic hydroxyl groups is 1. The highest BCUT2D eigenvalue weighted by Crippen LogP contribution is 2.41. The third kappa shape index (κ3) is 4.21. The zero-order valence-corrected chi connectivity index (χ0v) is 16.3. The van der Waals surface area contributed by atoms with Crippen LogP contribution in [0.1, 0.15) is 17.2 Å². The molecule has 2 atom stereocenters. The molecular weight excluding hydrogens is 387 g/mol. The summed E-state index contributed by atoms with van der Waals surface area (Å²) in [5.74, 6) is 0.625. The molecule has 142 valence electrons. The molecule has 0 saturated carbocycles. The highest BCUT2D eigenvalue weighted by atomic mass is 35.5. The van der Waals surface area contributed by atoms with E-state index in [2.05, 4.69) is 11.9 Å². The number of likely N-dealkylation sites (N-methyl/N-ethyl adjacent to an activating group) is 1. The number of amides is 2. The quantitative estimate of drug-likeness (QED) is 0.708. The molecule has 7 heteroatoms. The van der Waals surface area contributed by atoms with Crippen molar-refractivity contribution in [2.45, 2.75) is 18.6 Å². The van der Waals surface area contributed by atoms with Crippen LogP contribution in [0.2, 0.25) is 10.0 Å². The lowest BCUT2D eigenvalue weighted by Crippen LogP contribution is -2.38. The van der Waals surface area contributed by atoms with Crippen molar-refractivity contribution in [3.63, 3.8) is 0 Å². The van der Waals surface area contributed by atoms with Crippen molar-refractivity contribution >= 4 is 34.9 Å². The summed E-state index contributed by atoms with van der Waals surface area (Å²) >= 11 is 12.4. The van der Waals surface area contributed by atoms with Gasteiger partial charge in [0.15, 0.2) is 0 Å². The normalized spacial score (nSPS) is 17.9. The van der Waals surface area contributed by atoms with Gasteiger partial charge in [-0.2, -0.15) is 0 Å². The van der Waals surface area contributed by atoms with Gasteiger partial charge in [-0.15, -0.1) is 0 Å². The molecule has 0 radical (unpaired) electrons. The zero-order chi connectivity index (χ0) is 19.6. The summed E-state index contributed by atoms with van der Waals surface area (Å²) < 4.78 is 5.48. The second kappa shape index (κ2) is 8.21. The molecule has 0 aromatic heterocycles. The molecule has 2 amide bonds. The molecule has 0 aliphatic heterocycles. The number of nitrogens with zero attached hydrogens (tertiary/aromatic N) is 1. The lowest BCUT2D eigenvalue weighted by atomic mass is 10.1. The standard InChI is InChI=1S/C20H20Cl2N2O3/c1-3-7-27-14-6-4-5-13(10-14)23-20(26)24(2)19-16-8-12(21)9-17(22)15(16)11-18(19)25/h3-6,8-10,18-19,25H,1,7,11H2,2H3,(H,23,26)/t18-,19-/m1/s1. The van der Waals surface area contributed by atoms with Gasteiger partial charge in [0.25, 0.3) is 0 Å². The second-order valence-corrected chi connectivity index (χ2v) is 7.18. The average Bonchev–Trinajstić information content (AvgIpc) is 2.96. The third-order valence-corrected chi connectivity index (χ3v) is 5.04. The van der Waals surface area contributed by atoms with E-state index in [-0.39, 0.29) is 6.03 Å². The van der Waals surface area contributed by atoms with Gasteiger partial charge in [0.1, 0.15) is 12.4 Å². The number of fused-ring (bicyclic) bond motifs is 1. The van der Waals surface area contributed by atoms with Crippen LogP contribution in [0.15, 0.2) is 49.1 Å². The Bertz CT molecular complexity index is 872. The number of aliphatic hydroxyl groups excluding tert-OH is 1. The lowest BCUT2D eigenvalue weighted by Gasteiger charge is -2.28. The van der Waals surface area contributed by atoms with Crippen molar-refractivity contribution in [2.24, 2.45) is 0 Å². The molecule has 27 heavy (non-hydrogen) atoms. The van der Waals surface area contributed by atoms with Crippen LogP contribution in [0.3, 0.4) is 0 Å². The van der Waals surface area contributed by atoms with Gasteiger partial charge in [-0.05, 0) is 35.4 Å². The number of hydrogen-bond donors (Lipinski definition) is 2. The maximum atomic E-state index is 12.7. The summed E-state index contributed by atoms with van der Waals surface area (Å²) in [6.45, 7) is 3.99. The minimum absolute atomic E-state index is 0.358. The van der Waals surface area contributed by atoms with Crippen molar-refractivity contribution in [1.82, 2.24) is 4.90 Å². The molecule has 0 bridgehead atoms. The van der Waals surface area contributed by atoms with Gasteiger partial charge < -0.3 is 20.1 Å². The van der Waals surface area contributed by atoms with Crippen LogP contribution in [0.4, 0.5) is 10.5 Å². The van der Waals surface area contributed by atoms with E-state index in [9.17, 15) is 9.90 Å². The molecular formula is C20H20Cl2N2O3. The van der Waals surface area contributed by atoms with Crippen LogP contribution in [-0.2, 0) is 6.42 Å². The van der Waals surface area contributed by atoms with Crippen molar-refractivity contribution in [1.29, 1.82) is 0 Å². The van der Waals surface area contributed by atoms with Crippen molar-refractivity contribution in [3.8, 4) is 5.75 Å². The Labute approximate surface area is 168 Å². The van der Waals surface area contributed by atoms with E-state index in [1.54, 1.807) is 49.5 Å². The van der Waals surface area contributed by atoms with E-state index in [0.717, 1.165) is 11.1 Å². The Kier molecular flexibility index (Phi) is 5.95. The maximum absolute atomic E-state index is 12.7. The van der Waals surface area contributed by atoms with E-state index in [1.807, 2.05) is 0 Å². The summed E-state index contributed by atoms with van der Waals surface area (Å²) in [5.41, 5.74) is 2.17. The molecule has 2 N–H and O–H groups in total. The van der Waals surface area contributed by atoms with Crippen molar-refractivity contribution in [2.75, 3.05) is 19.0 Å². The van der Waals surface area contributed by atoms with Crippen LogP contribution >= 0.6 is 23.2 Å². The number of halogens is 2.